The van der Waals surface area contributed by atoms with Crippen molar-refractivity contribution in [3.63, 3.8) is 0 Å². The van der Waals surface area contributed by atoms with E-state index < -0.39 is 0 Å². The number of anilines is 1. The molecule has 1 amide bonds. The summed E-state index contributed by atoms with van der Waals surface area (Å²) in [6.45, 7) is 0. The summed E-state index contributed by atoms with van der Waals surface area (Å²) in [7, 11) is 1.81. The lowest BCUT2D eigenvalue weighted by Crippen LogP contribution is -2.42. The van der Waals surface area contributed by atoms with Crippen molar-refractivity contribution in [3.8, 4) is 0 Å². The second kappa shape index (κ2) is 3.42. The van der Waals surface area contributed by atoms with Crippen LogP contribution in [0.2, 0.25) is 0 Å². The van der Waals surface area contributed by atoms with Crippen molar-refractivity contribution in [2.75, 3.05) is 5.32 Å². The van der Waals surface area contributed by atoms with Gasteiger partial charge in [-0.3, -0.25) is 9.48 Å². The van der Waals surface area contributed by atoms with Crippen LogP contribution in [-0.2, 0) is 11.8 Å². The van der Waals surface area contributed by atoms with Gasteiger partial charge in [-0.1, -0.05) is 0 Å². The molecule has 0 unspecified atom stereocenters. The Bertz CT molecular complexity index is 340. The van der Waals surface area contributed by atoms with E-state index in [1.54, 1.807) is 16.9 Å². The summed E-state index contributed by atoms with van der Waals surface area (Å²) in [6.07, 6.45) is 3.37. The Hall–Kier alpha value is -1.36. The van der Waals surface area contributed by atoms with E-state index in [-0.39, 0.29) is 17.9 Å². The maximum Gasteiger partial charge on any atom is 0.228 e. The number of aromatic nitrogens is 2. The molecule has 0 radical (unpaired) electrons. The molecule has 0 atom stereocenters. The monoisotopic (exact) mass is 194 g/mol. The number of hydrogen-bond acceptors (Lipinski definition) is 3. The summed E-state index contributed by atoms with van der Waals surface area (Å²) >= 11 is 0. The molecule has 0 spiro atoms. The van der Waals surface area contributed by atoms with Crippen LogP contribution in [0, 0.1) is 5.92 Å². The first-order chi connectivity index (χ1) is 6.65. The molecule has 1 heterocycles. The Morgan fingerprint density at radius 3 is 2.93 bits per heavy atom. The van der Waals surface area contributed by atoms with Gasteiger partial charge in [0.2, 0.25) is 5.91 Å². The summed E-state index contributed by atoms with van der Waals surface area (Å²) in [5.41, 5.74) is 5.60. The molecule has 0 aromatic carbocycles. The van der Waals surface area contributed by atoms with Crippen molar-refractivity contribution in [1.82, 2.24) is 9.78 Å². The Morgan fingerprint density at radius 2 is 2.43 bits per heavy atom. The van der Waals surface area contributed by atoms with E-state index in [1.807, 2.05) is 7.05 Å². The van der Waals surface area contributed by atoms with Gasteiger partial charge >= 0.3 is 0 Å². The van der Waals surface area contributed by atoms with Gasteiger partial charge in [-0.15, -0.1) is 0 Å². The molecule has 0 bridgehead atoms. The van der Waals surface area contributed by atoms with Crippen molar-refractivity contribution in [3.05, 3.63) is 12.3 Å². The summed E-state index contributed by atoms with van der Waals surface area (Å²) in [5, 5.41) is 6.82. The second-order valence-corrected chi connectivity index (χ2v) is 3.79. The van der Waals surface area contributed by atoms with Crippen LogP contribution in [0.5, 0.6) is 0 Å². The third-order valence-electron chi connectivity index (χ3n) is 2.51. The van der Waals surface area contributed by atoms with Crippen LogP contribution in [0.25, 0.3) is 0 Å². The zero-order valence-electron chi connectivity index (χ0n) is 8.10. The van der Waals surface area contributed by atoms with E-state index in [0.717, 1.165) is 12.8 Å². The van der Waals surface area contributed by atoms with Gasteiger partial charge in [0.05, 0.1) is 0 Å². The molecule has 5 heteroatoms. The Kier molecular flexibility index (Phi) is 2.25. The van der Waals surface area contributed by atoms with E-state index in [2.05, 4.69) is 10.4 Å². The highest BCUT2D eigenvalue weighted by Gasteiger charge is 2.32. The molecular weight excluding hydrogens is 180 g/mol. The number of aryl methyl sites for hydroxylation is 1. The fraction of sp³-hybridized carbons (Fsp3) is 0.556. The number of nitrogens with one attached hydrogen (secondary N) is 1. The molecule has 1 saturated carbocycles. The SMILES string of the molecule is Cn1ccc(NC(=O)C2CC(N)C2)n1. The van der Waals surface area contributed by atoms with Crippen molar-refractivity contribution in [2.24, 2.45) is 18.7 Å². The summed E-state index contributed by atoms with van der Waals surface area (Å²) in [6, 6.07) is 1.98. The van der Waals surface area contributed by atoms with Crippen molar-refractivity contribution < 1.29 is 4.79 Å². The normalized spacial score (nSPS) is 25.6. The lowest BCUT2D eigenvalue weighted by Gasteiger charge is -2.30. The lowest BCUT2D eigenvalue weighted by atomic mass is 9.80. The van der Waals surface area contributed by atoms with Crippen molar-refractivity contribution in [1.29, 1.82) is 0 Å². The minimum absolute atomic E-state index is 0.0328. The fourth-order valence-corrected chi connectivity index (χ4v) is 1.59. The predicted molar refractivity (Wildman–Crippen MR) is 52.5 cm³/mol. The third-order valence-corrected chi connectivity index (χ3v) is 2.51. The van der Waals surface area contributed by atoms with Gasteiger partial charge in [-0.25, -0.2) is 0 Å². The topological polar surface area (TPSA) is 72.9 Å². The third kappa shape index (κ3) is 1.77. The van der Waals surface area contributed by atoms with Crippen molar-refractivity contribution >= 4 is 11.7 Å². The Labute approximate surface area is 82.3 Å². The standard InChI is InChI=1S/C9H14N4O/c1-13-3-2-8(12-13)11-9(14)6-4-7(10)5-6/h2-3,6-7H,4-5,10H2,1H3,(H,11,12,14). The average molecular weight is 194 g/mol. The van der Waals surface area contributed by atoms with Gasteiger partial charge in [-0.05, 0) is 12.8 Å². The van der Waals surface area contributed by atoms with E-state index in [0.29, 0.717) is 5.82 Å². The number of amides is 1. The molecule has 0 aliphatic heterocycles. The van der Waals surface area contributed by atoms with Crippen LogP contribution in [-0.4, -0.2) is 21.7 Å². The molecular formula is C9H14N4O. The summed E-state index contributed by atoms with van der Waals surface area (Å²) in [4.78, 5) is 11.5. The number of nitrogens with zero attached hydrogens (tertiary/aromatic N) is 2. The smallest absolute Gasteiger partial charge is 0.228 e. The largest absolute Gasteiger partial charge is 0.328 e. The predicted octanol–water partition coefficient (Wildman–Crippen LogP) is 0.0959. The van der Waals surface area contributed by atoms with Crippen LogP contribution < -0.4 is 11.1 Å². The molecule has 2 rings (SSSR count). The number of carbonyl (C=O) groups excluding carboxylic acids is 1. The maximum atomic E-state index is 11.5. The molecule has 76 valence electrons. The first kappa shape index (κ1) is 9.21. The maximum absolute atomic E-state index is 11.5. The van der Waals surface area contributed by atoms with Crippen LogP contribution in [0.4, 0.5) is 5.82 Å². The molecule has 3 N–H and O–H groups in total. The van der Waals surface area contributed by atoms with E-state index in [4.69, 9.17) is 5.73 Å². The minimum atomic E-state index is 0.0328. The van der Waals surface area contributed by atoms with Crippen LogP contribution in [0.1, 0.15) is 12.8 Å². The van der Waals surface area contributed by atoms with E-state index in [9.17, 15) is 4.79 Å². The van der Waals surface area contributed by atoms with Gasteiger partial charge in [0.1, 0.15) is 0 Å². The summed E-state index contributed by atoms with van der Waals surface area (Å²) in [5.74, 6) is 0.718. The molecule has 1 aliphatic rings. The van der Waals surface area contributed by atoms with Gasteiger partial charge in [0, 0.05) is 31.3 Å². The second-order valence-electron chi connectivity index (χ2n) is 3.79. The van der Waals surface area contributed by atoms with Gasteiger partial charge in [0.15, 0.2) is 5.82 Å². The lowest BCUT2D eigenvalue weighted by molar-refractivity contribution is -0.122. The van der Waals surface area contributed by atoms with Crippen LogP contribution in [0.15, 0.2) is 12.3 Å². The quantitative estimate of drug-likeness (QED) is 0.701. The average Bonchev–Trinajstić information content (AvgIpc) is 2.45. The number of rotatable bonds is 2. The highest BCUT2D eigenvalue weighted by atomic mass is 16.2. The zero-order chi connectivity index (χ0) is 10.1. The molecule has 5 nitrogen and oxygen atoms in total. The molecule has 1 fully saturated rings. The number of hydrogen-bond donors (Lipinski definition) is 2. The fourth-order valence-electron chi connectivity index (χ4n) is 1.59. The minimum Gasteiger partial charge on any atom is -0.328 e. The Balaban J connectivity index is 1.89. The molecule has 1 aromatic rings. The Morgan fingerprint density at radius 1 is 1.71 bits per heavy atom. The number of nitrogens with two attached hydrogens (primary N) is 1. The molecule has 14 heavy (non-hydrogen) atoms. The summed E-state index contributed by atoms with van der Waals surface area (Å²) < 4.78 is 1.65. The van der Waals surface area contributed by atoms with Gasteiger partial charge < -0.3 is 11.1 Å². The highest BCUT2D eigenvalue weighted by Crippen LogP contribution is 2.26. The molecule has 1 aliphatic carbocycles. The van der Waals surface area contributed by atoms with Gasteiger partial charge in [-0.2, -0.15) is 5.10 Å². The van der Waals surface area contributed by atoms with Crippen molar-refractivity contribution in [2.45, 2.75) is 18.9 Å². The van der Waals surface area contributed by atoms with Gasteiger partial charge in [0.25, 0.3) is 0 Å². The number of carbonyl (C=O) groups is 1. The molecule has 1 aromatic heterocycles. The van der Waals surface area contributed by atoms with Crippen LogP contribution in [0.3, 0.4) is 0 Å². The first-order valence-corrected chi connectivity index (χ1v) is 4.71. The van der Waals surface area contributed by atoms with E-state index in [1.165, 1.54) is 0 Å². The van der Waals surface area contributed by atoms with Crippen LogP contribution >= 0.6 is 0 Å². The van der Waals surface area contributed by atoms with E-state index >= 15 is 0 Å². The first-order valence-electron chi connectivity index (χ1n) is 4.71. The zero-order valence-corrected chi connectivity index (χ0v) is 8.10. The highest BCUT2D eigenvalue weighted by molar-refractivity contribution is 5.92. The molecule has 0 saturated heterocycles.